The number of aromatic nitrogens is 2. The Bertz CT molecular complexity index is 482. The van der Waals surface area contributed by atoms with E-state index in [9.17, 15) is 14.7 Å². The van der Waals surface area contributed by atoms with E-state index < -0.39 is 12.0 Å². The van der Waals surface area contributed by atoms with Crippen molar-refractivity contribution in [1.82, 2.24) is 14.7 Å². The zero-order chi connectivity index (χ0) is 14.7. The Morgan fingerprint density at radius 3 is 2.47 bits per heavy atom. The molecule has 1 amide bonds. The van der Waals surface area contributed by atoms with Gasteiger partial charge in [0.05, 0.1) is 18.4 Å². The van der Waals surface area contributed by atoms with Crippen molar-refractivity contribution in [2.75, 3.05) is 7.11 Å². The summed E-state index contributed by atoms with van der Waals surface area (Å²) in [5.74, 6) is -0.771. The summed E-state index contributed by atoms with van der Waals surface area (Å²) in [6, 6.07) is -1.36. The molecule has 7 nitrogen and oxygen atoms in total. The van der Waals surface area contributed by atoms with E-state index in [0.29, 0.717) is 23.5 Å². The maximum Gasteiger partial charge on any atom is 0.331 e. The standard InChI is InChI=1S/C12H19N3O4/c1-7(2)15(6-16)10(12(17)18)9-8(3)13-14(4)11(9)19-5/h6-7,10H,1-5H3,(H,17,18). The van der Waals surface area contributed by atoms with E-state index in [0.717, 1.165) is 0 Å². The number of hydrogen-bond acceptors (Lipinski definition) is 4. The summed E-state index contributed by atoms with van der Waals surface area (Å²) in [7, 11) is 3.11. The van der Waals surface area contributed by atoms with Crippen LogP contribution in [0.15, 0.2) is 0 Å². The molecule has 0 radical (unpaired) electrons. The van der Waals surface area contributed by atoms with E-state index in [-0.39, 0.29) is 6.04 Å². The van der Waals surface area contributed by atoms with Gasteiger partial charge in [0.2, 0.25) is 12.3 Å². The van der Waals surface area contributed by atoms with Crippen molar-refractivity contribution in [1.29, 1.82) is 0 Å². The van der Waals surface area contributed by atoms with Crippen molar-refractivity contribution < 1.29 is 19.4 Å². The fourth-order valence-corrected chi connectivity index (χ4v) is 2.09. The molecule has 1 unspecified atom stereocenters. The summed E-state index contributed by atoms with van der Waals surface area (Å²) >= 11 is 0. The zero-order valence-corrected chi connectivity index (χ0v) is 11.7. The maximum atomic E-state index is 11.5. The van der Waals surface area contributed by atoms with E-state index in [2.05, 4.69) is 5.10 Å². The van der Waals surface area contributed by atoms with E-state index >= 15 is 0 Å². The summed E-state index contributed by atoms with van der Waals surface area (Å²) in [6.45, 7) is 5.20. The normalized spacial score (nSPS) is 12.3. The van der Waals surface area contributed by atoms with Crippen molar-refractivity contribution in [3.8, 4) is 5.88 Å². The molecule has 0 fully saturated rings. The SMILES string of the molecule is COc1c(C(C(=O)O)N(C=O)C(C)C)c(C)nn1C. The molecule has 0 saturated carbocycles. The van der Waals surface area contributed by atoms with Crippen molar-refractivity contribution in [3.05, 3.63) is 11.3 Å². The first-order valence-electron chi connectivity index (χ1n) is 5.88. The number of nitrogens with zero attached hydrogens (tertiary/aromatic N) is 3. The second-order valence-corrected chi connectivity index (χ2v) is 4.52. The molecule has 1 atom stereocenters. The number of carbonyl (C=O) groups excluding carboxylic acids is 1. The molecule has 1 heterocycles. The van der Waals surface area contributed by atoms with Gasteiger partial charge in [-0.15, -0.1) is 0 Å². The average molecular weight is 269 g/mol. The van der Waals surface area contributed by atoms with Crippen LogP contribution in [0, 0.1) is 6.92 Å². The Labute approximate surface area is 111 Å². The fourth-order valence-electron chi connectivity index (χ4n) is 2.09. The van der Waals surface area contributed by atoms with Crippen molar-refractivity contribution in [2.45, 2.75) is 32.9 Å². The topological polar surface area (TPSA) is 84.7 Å². The van der Waals surface area contributed by atoms with Crippen LogP contribution in [0.25, 0.3) is 0 Å². The van der Waals surface area contributed by atoms with Crippen LogP contribution in [0.5, 0.6) is 5.88 Å². The molecule has 0 saturated heterocycles. The van der Waals surface area contributed by atoms with Gasteiger partial charge in [-0.2, -0.15) is 5.10 Å². The second kappa shape index (κ2) is 5.73. The van der Waals surface area contributed by atoms with Gasteiger partial charge in [-0.05, 0) is 20.8 Å². The Morgan fingerprint density at radius 1 is 1.53 bits per heavy atom. The first kappa shape index (κ1) is 15.0. The van der Waals surface area contributed by atoms with Crippen molar-refractivity contribution in [2.24, 2.45) is 7.05 Å². The average Bonchev–Trinajstić information content (AvgIpc) is 2.59. The smallest absolute Gasteiger partial charge is 0.331 e. The summed E-state index contributed by atoms with van der Waals surface area (Å²) in [5.41, 5.74) is 0.928. The molecule has 0 aromatic carbocycles. The Balaban J connectivity index is 3.42. The minimum absolute atomic E-state index is 0.247. The van der Waals surface area contributed by atoms with Gasteiger partial charge in [0.25, 0.3) is 0 Å². The highest BCUT2D eigenvalue weighted by Gasteiger charge is 2.34. The Morgan fingerprint density at radius 2 is 2.11 bits per heavy atom. The first-order valence-corrected chi connectivity index (χ1v) is 5.88. The summed E-state index contributed by atoms with van der Waals surface area (Å²) in [4.78, 5) is 24.0. The number of hydrogen-bond donors (Lipinski definition) is 1. The number of ether oxygens (including phenoxy) is 1. The van der Waals surface area contributed by atoms with Gasteiger partial charge in [0, 0.05) is 13.1 Å². The predicted octanol–water partition coefficient (Wildman–Crippen LogP) is 0.730. The van der Waals surface area contributed by atoms with Crippen molar-refractivity contribution in [3.63, 3.8) is 0 Å². The molecule has 1 N–H and O–H groups in total. The minimum Gasteiger partial charge on any atom is -0.481 e. The molecule has 7 heteroatoms. The summed E-state index contributed by atoms with van der Waals surface area (Å²) in [6.07, 6.45) is 0.537. The number of carbonyl (C=O) groups is 2. The number of amides is 1. The molecule has 0 spiro atoms. The summed E-state index contributed by atoms with van der Waals surface area (Å²) in [5, 5.41) is 13.6. The van der Waals surface area contributed by atoms with Gasteiger partial charge in [-0.25, -0.2) is 9.48 Å². The third-order valence-electron chi connectivity index (χ3n) is 2.93. The molecular formula is C12H19N3O4. The number of carboxylic acid groups (broad SMARTS) is 1. The van der Waals surface area contributed by atoms with Crippen molar-refractivity contribution >= 4 is 12.4 Å². The van der Waals surface area contributed by atoms with Gasteiger partial charge in [0.15, 0.2) is 6.04 Å². The van der Waals surface area contributed by atoms with Gasteiger partial charge < -0.3 is 14.7 Å². The Hall–Kier alpha value is -2.05. The molecule has 1 rings (SSSR count). The van der Waals surface area contributed by atoms with Crippen LogP contribution in [0.3, 0.4) is 0 Å². The minimum atomic E-state index is -1.12. The lowest BCUT2D eigenvalue weighted by Crippen LogP contribution is -2.38. The van der Waals surface area contributed by atoms with E-state index in [1.807, 2.05) is 0 Å². The van der Waals surface area contributed by atoms with Crippen LogP contribution in [-0.2, 0) is 16.6 Å². The molecule has 0 aliphatic carbocycles. The number of aliphatic carboxylic acids is 1. The Kier molecular flexibility index (Phi) is 4.52. The van der Waals surface area contributed by atoms with Crippen LogP contribution in [0.1, 0.15) is 31.1 Å². The maximum absolute atomic E-state index is 11.5. The fraction of sp³-hybridized carbons (Fsp3) is 0.583. The second-order valence-electron chi connectivity index (χ2n) is 4.52. The molecule has 106 valence electrons. The number of aryl methyl sites for hydroxylation is 2. The number of rotatable bonds is 6. The lowest BCUT2D eigenvalue weighted by atomic mass is 10.0. The number of methoxy groups -OCH3 is 1. The van der Waals surface area contributed by atoms with Gasteiger partial charge in [0.1, 0.15) is 0 Å². The van der Waals surface area contributed by atoms with Gasteiger partial charge in [-0.1, -0.05) is 0 Å². The lowest BCUT2D eigenvalue weighted by Gasteiger charge is -2.28. The highest BCUT2D eigenvalue weighted by atomic mass is 16.5. The van der Waals surface area contributed by atoms with E-state index in [1.165, 1.54) is 16.7 Å². The van der Waals surface area contributed by atoms with E-state index in [4.69, 9.17) is 4.74 Å². The lowest BCUT2D eigenvalue weighted by molar-refractivity contribution is -0.148. The molecule has 19 heavy (non-hydrogen) atoms. The first-order chi connectivity index (χ1) is 8.84. The monoisotopic (exact) mass is 269 g/mol. The predicted molar refractivity (Wildman–Crippen MR) is 67.9 cm³/mol. The molecule has 1 aromatic rings. The van der Waals surface area contributed by atoms with Crippen LogP contribution in [0.4, 0.5) is 0 Å². The van der Waals surface area contributed by atoms with Crippen LogP contribution < -0.4 is 4.74 Å². The highest BCUT2D eigenvalue weighted by Crippen LogP contribution is 2.32. The van der Waals surface area contributed by atoms with E-state index in [1.54, 1.807) is 27.8 Å². The largest absolute Gasteiger partial charge is 0.481 e. The van der Waals surface area contributed by atoms with Crippen LogP contribution in [-0.4, -0.2) is 45.3 Å². The van der Waals surface area contributed by atoms with Gasteiger partial charge >= 0.3 is 5.97 Å². The van der Waals surface area contributed by atoms with Gasteiger partial charge in [-0.3, -0.25) is 4.79 Å². The highest BCUT2D eigenvalue weighted by molar-refractivity contribution is 5.79. The molecular weight excluding hydrogens is 250 g/mol. The molecule has 1 aromatic heterocycles. The van der Waals surface area contributed by atoms with Crippen LogP contribution >= 0.6 is 0 Å². The molecule has 0 aliphatic heterocycles. The number of carboxylic acids is 1. The third kappa shape index (κ3) is 2.69. The third-order valence-corrected chi connectivity index (χ3v) is 2.93. The quantitative estimate of drug-likeness (QED) is 0.769. The summed E-state index contributed by atoms with van der Waals surface area (Å²) < 4.78 is 6.66. The molecule has 0 bridgehead atoms. The zero-order valence-electron chi connectivity index (χ0n) is 11.7. The molecule has 0 aliphatic rings. The van der Waals surface area contributed by atoms with Crippen LogP contribution in [0.2, 0.25) is 0 Å².